The third-order valence-corrected chi connectivity index (χ3v) is 4.94. The topological polar surface area (TPSA) is 12.0 Å². The molecule has 2 heteroatoms. The summed E-state index contributed by atoms with van der Waals surface area (Å²) in [5, 5.41) is 3.60. The molecule has 0 radical (unpaired) electrons. The Bertz CT molecular complexity index is 421. The van der Waals surface area contributed by atoms with Crippen molar-refractivity contribution in [1.29, 1.82) is 0 Å². The van der Waals surface area contributed by atoms with Crippen LogP contribution < -0.4 is 5.32 Å². The van der Waals surface area contributed by atoms with E-state index in [9.17, 15) is 4.39 Å². The van der Waals surface area contributed by atoms with Crippen LogP contribution >= 0.6 is 0 Å². The first-order valence-electron chi connectivity index (χ1n) is 8.15. The number of nitrogens with one attached hydrogen (secondary N) is 1. The average molecular weight is 277 g/mol. The van der Waals surface area contributed by atoms with Crippen LogP contribution in [0, 0.1) is 24.6 Å². The first kappa shape index (κ1) is 15.5. The summed E-state index contributed by atoms with van der Waals surface area (Å²) in [5.41, 5.74) is 2.36. The molecular formula is C18H28FN. The van der Waals surface area contributed by atoms with Crippen LogP contribution in [0.25, 0.3) is 0 Å². The summed E-state index contributed by atoms with van der Waals surface area (Å²) in [6, 6.07) is 5.52. The van der Waals surface area contributed by atoms with Crippen molar-refractivity contribution in [3.63, 3.8) is 0 Å². The van der Waals surface area contributed by atoms with Crippen molar-refractivity contribution in [3.8, 4) is 0 Å². The van der Waals surface area contributed by atoms with Gasteiger partial charge in [0.05, 0.1) is 0 Å². The van der Waals surface area contributed by atoms with Gasteiger partial charge in [0, 0.05) is 6.04 Å². The molecule has 1 saturated carbocycles. The highest BCUT2D eigenvalue weighted by atomic mass is 19.1. The molecule has 1 nitrogen and oxygen atoms in total. The molecule has 0 heterocycles. The molecule has 1 fully saturated rings. The molecular weight excluding hydrogens is 249 g/mol. The van der Waals surface area contributed by atoms with E-state index < -0.39 is 0 Å². The van der Waals surface area contributed by atoms with Gasteiger partial charge in [0.15, 0.2) is 0 Å². The molecule has 1 N–H and O–H groups in total. The van der Waals surface area contributed by atoms with Gasteiger partial charge in [-0.25, -0.2) is 4.39 Å². The number of halogens is 1. The van der Waals surface area contributed by atoms with E-state index in [1.807, 2.05) is 6.07 Å². The van der Waals surface area contributed by atoms with E-state index in [0.29, 0.717) is 12.0 Å². The normalized spacial score (nSPS) is 24.6. The predicted octanol–water partition coefficient (Wildman–Crippen LogP) is 5.00. The average Bonchev–Trinajstić information content (AvgIpc) is 2.48. The van der Waals surface area contributed by atoms with Crippen LogP contribution in [0.4, 0.5) is 4.39 Å². The first-order chi connectivity index (χ1) is 9.65. The summed E-state index contributed by atoms with van der Waals surface area (Å²) in [7, 11) is 0. The lowest BCUT2D eigenvalue weighted by atomic mass is 9.75. The van der Waals surface area contributed by atoms with E-state index in [4.69, 9.17) is 0 Å². The zero-order valence-electron chi connectivity index (χ0n) is 13.1. The maximum Gasteiger partial charge on any atom is 0.123 e. The lowest BCUT2D eigenvalue weighted by molar-refractivity contribution is 0.219. The van der Waals surface area contributed by atoms with E-state index in [0.717, 1.165) is 18.0 Å². The second-order valence-corrected chi connectivity index (χ2v) is 6.23. The maximum atomic E-state index is 13.6. The molecule has 1 unspecified atom stereocenters. The summed E-state index contributed by atoms with van der Waals surface area (Å²) in [4.78, 5) is 0. The van der Waals surface area contributed by atoms with Gasteiger partial charge in [0.1, 0.15) is 5.82 Å². The van der Waals surface area contributed by atoms with Gasteiger partial charge in [-0.1, -0.05) is 39.2 Å². The molecule has 1 aromatic rings. The number of benzene rings is 1. The van der Waals surface area contributed by atoms with Crippen LogP contribution in [-0.4, -0.2) is 6.54 Å². The Morgan fingerprint density at radius 3 is 2.50 bits per heavy atom. The fraction of sp³-hybridized carbons (Fsp3) is 0.667. The van der Waals surface area contributed by atoms with Gasteiger partial charge in [-0.05, 0) is 61.4 Å². The van der Waals surface area contributed by atoms with Crippen molar-refractivity contribution >= 4 is 0 Å². The molecule has 1 atom stereocenters. The Morgan fingerprint density at radius 2 is 1.90 bits per heavy atom. The third kappa shape index (κ3) is 3.60. The first-order valence-corrected chi connectivity index (χ1v) is 8.15. The quantitative estimate of drug-likeness (QED) is 0.798. The van der Waals surface area contributed by atoms with E-state index in [2.05, 4.69) is 26.1 Å². The van der Waals surface area contributed by atoms with Gasteiger partial charge in [-0.2, -0.15) is 0 Å². The molecule has 20 heavy (non-hydrogen) atoms. The fourth-order valence-electron chi connectivity index (χ4n) is 3.63. The van der Waals surface area contributed by atoms with E-state index in [1.54, 1.807) is 12.1 Å². The fourth-order valence-corrected chi connectivity index (χ4v) is 3.63. The molecule has 0 aromatic heterocycles. The summed E-state index contributed by atoms with van der Waals surface area (Å²) in [6.07, 6.45) is 6.50. The molecule has 112 valence electrons. The van der Waals surface area contributed by atoms with Crippen LogP contribution in [0.15, 0.2) is 18.2 Å². The third-order valence-electron chi connectivity index (χ3n) is 4.94. The Hall–Kier alpha value is -0.890. The van der Waals surface area contributed by atoms with Crippen LogP contribution in [0.5, 0.6) is 0 Å². The number of hydrogen-bond acceptors (Lipinski definition) is 1. The Labute approximate surface area is 123 Å². The summed E-state index contributed by atoms with van der Waals surface area (Å²) >= 11 is 0. The minimum Gasteiger partial charge on any atom is -0.310 e. The van der Waals surface area contributed by atoms with E-state index >= 15 is 0 Å². The maximum absolute atomic E-state index is 13.6. The Balaban J connectivity index is 2.16. The lowest BCUT2D eigenvalue weighted by Crippen LogP contribution is -2.31. The number of rotatable bonds is 5. The number of hydrogen-bond donors (Lipinski definition) is 1. The second-order valence-electron chi connectivity index (χ2n) is 6.23. The monoisotopic (exact) mass is 277 g/mol. The molecule has 1 aliphatic carbocycles. The lowest BCUT2D eigenvalue weighted by Gasteiger charge is -2.35. The molecule has 1 aromatic carbocycles. The van der Waals surface area contributed by atoms with Gasteiger partial charge in [0.25, 0.3) is 0 Å². The minimum atomic E-state index is -0.115. The van der Waals surface area contributed by atoms with Crippen LogP contribution in [0.1, 0.15) is 63.1 Å². The summed E-state index contributed by atoms with van der Waals surface area (Å²) in [5.74, 6) is 1.44. The summed E-state index contributed by atoms with van der Waals surface area (Å²) in [6.45, 7) is 7.47. The van der Waals surface area contributed by atoms with Crippen molar-refractivity contribution < 1.29 is 4.39 Å². The van der Waals surface area contributed by atoms with Crippen molar-refractivity contribution in [3.05, 3.63) is 35.1 Å². The Kier molecular flexibility index (Phi) is 5.59. The zero-order valence-corrected chi connectivity index (χ0v) is 13.1. The van der Waals surface area contributed by atoms with Gasteiger partial charge < -0.3 is 5.32 Å². The predicted molar refractivity (Wildman–Crippen MR) is 83.3 cm³/mol. The van der Waals surface area contributed by atoms with Crippen LogP contribution in [0.3, 0.4) is 0 Å². The standard InChI is InChI=1S/C18H28FN/c1-4-14-7-9-15(10-8-14)18(20-5-2)17-12-16(19)11-6-13(17)3/h6,11-12,14-15,18,20H,4-5,7-10H2,1-3H3. The number of aryl methyl sites for hydroxylation is 1. The van der Waals surface area contributed by atoms with E-state index in [-0.39, 0.29) is 5.82 Å². The highest BCUT2D eigenvalue weighted by molar-refractivity contribution is 5.30. The smallest absolute Gasteiger partial charge is 0.123 e. The van der Waals surface area contributed by atoms with E-state index in [1.165, 1.54) is 37.7 Å². The van der Waals surface area contributed by atoms with Crippen molar-refractivity contribution in [2.45, 2.75) is 58.9 Å². The molecule has 0 aliphatic heterocycles. The molecule has 1 aliphatic rings. The largest absolute Gasteiger partial charge is 0.310 e. The van der Waals surface area contributed by atoms with Gasteiger partial charge in [-0.3, -0.25) is 0 Å². The molecule has 0 bridgehead atoms. The minimum absolute atomic E-state index is 0.115. The second kappa shape index (κ2) is 7.21. The summed E-state index contributed by atoms with van der Waals surface area (Å²) < 4.78 is 13.6. The molecule has 0 saturated heterocycles. The van der Waals surface area contributed by atoms with Crippen molar-refractivity contribution in [2.75, 3.05) is 6.54 Å². The molecule has 0 amide bonds. The molecule has 2 rings (SSSR count). The zero-order chi connectivity index (χ0) is 14.5. The van der Waals surface area contributed by atoms with Crippen molar-refractivity contribution in [1.82, 2.24) is 5.32 Å². The van der Waals surface area contributed by atoms with Gasteiger partial charge in [-0.15, -0.1) is 0 Å². The van der Waals surface area contributed by atoms with Gasteiger partial charge >= 0.3 is 0 Å². The Morgan fingerprint density at radius 1 is 1.20 bits per heavy atom. The van der Waals surface area contributed by atoms with Crippen molar-refractivity contribution in [2.24, 2.45) is 11.8 Å². The highest BCUT2D eigenvalue weighted by Crippen LogP contribution is 2.38. The van der Waals surface area contributed by atoms with Crippen LogP contribution in [-0.2, 0) is 0 Å². The highest BCUT2D eigenvalue weighted by Gasteiger charge is 2.28. The van der Waals surface area contributed by atoms with Crippen LogP contribution in [0.2, 0.25) is 0 Å². The molecule has 0 spiro atoms. The van der Waals surface area contributed by atoms with Gasteiger partial charge in [0.2, 0.25) is 0 Å². The SMILES string of the molecule is CCNC(c1cc(F)ccc1C)C1CCC(CC)CC1.